The third-order valence-corrected chi connectivity index (χ3v) is 6.96. The molecule has 2 aromatic carbocycles. The first kappa shape index (κ1) is 22.1. The van der Waals surface area contributed by atoms with E-state index in [1.807, 2.05) is 26.0 Å². The summed E-state index contributed by atoms with van der Waals surface area (Å²) in [4.78, 5) is 14.6. The van der Waals surface area contributed by atoms with E-state index in [1.54, 1.807) is 35.2 Å². The predicted octanol–water partition coefficient (Wildman–Crippen LogP) is 2.62. The monoisotopic (exact) mass is 432 g/mol. The lowest BCUT2D eigenvalue weighted by Gasteiger charge is -2.31. The van der Waals surface area contributed by atoms with Crippen LogP contribution in [-0.2, 0) is 26.0 Å². The van der Waals surface area contributed by atoms with Crippen LogP contribution in [0.1, 0.15) is 18.1 Å². The number of nitrogens with zero attached hydrogens (tertiary/aromatic N) is 2. The van der Waals surface area contributed by atoms with Gasteiger partial charge in [-0.05, 0) is 48.7 Å². The molecule has 8 heteroatoms. The Morgan fingerprint density at radius 2 is 1.80 bits per heavy atom. The molecule has 0 spiro atoms. The normalized spacial score (nSPS) is 14.4. The molecular formula is C22H28N2O5S. The molecule has 162 valence electrons. The number of anilines is 1. The Kier molecular flexibility index (Phi) is 6.99. The van der Waals surface area contributed by atoms with Crippen LogP contribution in [0.2, 0.25) is 0 Å². The van der Waals surface area contributed by atoms with Gasteiger partial charge in [0.05, 0.1) is 26.0 Å². The minimum absolute atomic E-state index is 0.0411. The van der Waals surface area contributed by atoms with Gasteiger partial charge in [-0.1, -0.05) is 25.1 Å². The lowest BCUT2D eigenvalue weighted by atomic mass is 10.1. The number of aryl methyl sites for hydroxylation is 2. The van der Waals surface area contributed by atoms with Gasteiger partial charge in [-0.2, -0.15) is 0 Å². The molecule has 30 heavy (non-hydrogen) atoms. The van der Waals surface area contributed by atoms with E-state index in [0.29, 0.717) is 32.0 Å². The summed E-state index contributed by atoms with van der Waals surface area (Å²) < 4.78 is 39.2. The number of methoxy groups -OCH3 is 1. The first-order valence-corrected chi connectivity index (χ1v) is 11.4. The van der Waals surface area contributed by atoms with Crippen LogP contribution < -0.4 is 9.04 Å². The van der Waals surface area contributed by atoms with Gasteiger partial charge < -0.3 is 14.4 Å². The number of rotatable bonds is 7. The van der Waals surface area contributed by atoms with Crippen LogP contribution in [0, 0.1) is 6.92 Å². The summed E-state index contributed by atoms with van der Waals surface area (Å²) in [6, 6.07) is 12.2. The number of sulfonamides is 1. The summed E-state index contributed by atoms with van der Waals surface area (Å²) in [5.74, 6) is -0.0114. The average Bonchev–Trinajstić information content (AvgIpc) is 2.78. The van der Waals surface area contributed by atoms with Crippen LogP contribution in [0.5, 0.6) is 5.75 Å². The maximum atomic E-state index is 13.7. The zero-order valence-electron chi connectivity index (χ0n) is 17.6. The Labute approximate surface area is 178 Å². The molecule has 0 saturated carbocycles. The second-order valence-electron chi connectivity index (χ2n) is 7.18. The van der Waals surface area contributed by atoms with Gasteiger partial charge in [0.25, 0.3) is 10.0 Å². The maximum Gasteiger partial charge on any atom is 0.268 e. The van der Waals surface area contributed by atoms with Crippen molar-refractivity contribution in [2.45, 2.75) is 25.2 Å². The Morgan fingerprint density at radius 1 is 1.13 bits per heavy atom. The fraction of sp³-hybridized carbons (Fsp3) is 0.409. The molecule has 0 aliphatic carbocycles. The quantitative estimate of drug-likeness (QED) is 0.672. The molecule has 1 amide bonds. The molecule has 1 aliphatic rings. The first-order valence-electron chi connectivity index (χ1n) is 9.98. The van der Waals surface area contributed by atoms with Crippen molar-refractivity contribution in [1.29, 1.82) is 0 Å². The lowest BCUT2D eigenvalue weighted by Crippen LogP contribution is -2.47. The standard InChI is InChI=1S/C22H28N2O5S/c1-4-18-6-8-19(9-7-18)24(16-22(25)23-11-13-29-14-12-23)30(26,27)21-15-17(2)5-10-20(21)28-3/h5-10,15H,4,11-14,16H2,1-3H3. The van der Waals surface area contributed by atoms with Crippen molar-refractivity contribution in [2.24, 2.45) is 0 Å². The van der Waals surface area contributed by atoms with Crippen LogP contribution in [0.3, 0.4) is 0 Å². The zero-order chi connectivity index (χ0) is 21.7. The predicted molar refractivity (Wildman–Crippen MR) is 115 cm³/mol. The van der Waals surface area contributed by atoms with Crippen molar-refractivity contribution in [1.82, 2.24) is 4.90 Å². The highest BCUT2D eigenvalue weighted by Crippen LogP contribution is 2.31. The molecule has 0 bridgehead atoms. The summed E-state index contributed by atoms with van der Waals surface area (Å²) in [5, 5.41) is 0. The molecular weight excluding hydrogens is 404 g/mol. The highest BCUT2D eigenvalue weighted by atomic mass is 32.2. The molecule has 1 heterocycles. The van der Waals surface area contributed by atoms with Gasteiger partial charge in [-0.25, -0.2) is 8.42 Å². The Hall–Kier alpha value is -2.58. The molecule has 1 fully saturated rings. The van der Waals surface area contributed by atoms with Gasteiger partial charge in [-0.3, -0.25) is 9.10 Å². The van der Waals surface area contributed by atoms with E-state index in [-0.39, 0.29) is 23.1 Å². The molecule has 1 aliphatic heterocycles. The van der Waals surface area contributed by atoms with Gasteiger partial charge in [-0.15, -0.1) is 0 Å². The number of carbonyl (C=O) groups excluding carboxylic acids is 1. The van der Waals surface area contributed by atoms with E-state index in [4.69, 9.17) is 9.47 Å². The van der Waals surface area contributed by atoms with Crippen LogP contribution in [0.15, 0.2) is 47.4 Å². The number of hydrogen-bond donors (Lipinski definition) is 0. The van der Waals surface area contributed by atoms with E-state index in [1.165, 1.54) is 11.4 Å². The number of amides is 1. The number of carbonyl (C=O) groups is 1. The molecule has 1 saturated heterocycles. The first-order chi connectivity index (χ1) is 14.4. The van der Waals surface area contributed by atoms with Crippen LogP contribution in [0.4, 0.5) is 5.69 Å². The molecule has 3 rings (SSSR count). The van der Waals surface area contributed by atoms with Crippen LogP contribution in [-0.4, -0.2) is 59.2 Å². The highest BCUT2D eigenvalue weighted by molar-refractivity contribution is 7.93. The van der Waals surface area contributed by atoms with E-state index in [0.717, 1.165) is 17.5 Å². The fourth-order valence-electron chi connectivity index (χ4n) is 3.35. The molecule has 0 radical (unpaired) electrons. The third-order valence-electron chi connectivity index (χ3n) is 5.16. The van der Waals surface area contributed by atoms with Crippen LogP contribution in [0.25, 0.3) is 0 Å². The summed E-state index contributed by atoms with van der Waals surface area (Å²) in [6.07, 6.45) is 0.839. The minimum atomic E-state index is -4.04. The van der Waals surface area contributed by atoms with Crippen molar-refractivity contribution < 1.29 is 22.7 Å². The number of ether oxygens (including phenoxy) is 2. The van der Waals surface area contributed by atoms with Gasteiger partial charge in [0.1, 0.15) is 17.2 Å². The van der Waals surface area contributed by atoms with Gasteiger partial charge in [0.2, 0.25) is 5.91 Å². The summed E-state index contributed by atoms with van der Waals surface area (Å²) in [7, 11) is -2.61. The highest BCUT2D eigenvalue weighted by Gasteiger charge is 2.31. The van der Waals surface area contributed by atoms with E-state index >= 15 is 0 Å². The van der Waals surface area contributed by atoms with Crippen molar-refractivity contribution in [3.63, 3.8) is 0 Å². The van der Waals surface area contributed by atoms with Crippen LogP contribution >= 0.6 is 0 Å². The number of morpholine rings is 1. The minimum Gasteiger partial charge on any atom is -0.495 e. The number of hydrogen-bond acceptors (Lipinski definition) is 5. The van der Waals surface area contributed by atoms with Crippen molar-refractivity contribution in [2.75, 3.05) is 44.3 Å². The topological polar surface area (TPSA) is 76.2 Å². The second kappa shape index (κ2) is 9.49. The smallest absolute Gasteiger partial charge is 0.268 e. The molecule has 0 N–H and O–H groups in total. The summed E-state index contributed by atoms with van der Waals surface area (Å²) in [6.45, 7) is 5.38. The van der Waals surface area contributed by atoms with E-state index in [9.17, 15) is 13.2 Å². The molecule has 0 aromatic heterocycles. The summed E-state index contributed by atoms with van der Waals surface area (Å²) >= 11 is 0. The number of benzene rings is 2. The molecule has 0 unspecified atom stereocenters. The van der Waals surface area contributed by atoms with Gasteiger partial charge in [0.15, 0.2) is 0 Å². The SMILES string of the molecule is CCc1ccc(N(CC(=O)N2CCOCC2)S(=O)(=O)c2cc(C)ccc2OC)cc1. The van der Waals surface area contributed by atoms with E-state index < -0.39 is 10.0 Å². The molecule has 7 nitrogen and oxygen atoms in total. The zero-order valence-corrected chi connectivity index (χ0v) is 18.4. The van der Waals surface area contributed by atoms with E-state index in [2.05, 4.69) is 0 Å². The molecule has 2 aromatic rings. The lowest BCUT2D eigenvalue weighted by molar-refractivity contribution is -0.133. The molecule has 0 atom stereocenters. The second-order valence-corrected chi connectivity index (χ2v) is 9.01. The van der Waals surface area contributed by atoms with Gasteiger partial charge in [0, 0.05) is 13.1 Å². The Bertz CT molecular complexity index is 983. The Balaban J connectivity index is 2.03. The maximum absolute atomic E-state index is 13.7. The fourth-order valence-corrected chi connectivity index (χ4v) is 5.01. The summed E-state index contributed by atoms with van der Waals surface area (Å²) in [5.41, 5.74) is 2.32. The van der Waals surface area contributed by atoms with Crippen molar-refractivity contribution in [3.8, 4) is 5.75 Å². The third kappa shape index (κ3) is 4.76. The largest absolute Gasteiger partial charge is 0.495 e. The van der Waals surface area contributed by atoms with Crippen molar-refractivity contribution >= 4 is 21.6 Å². The van der Waals surface area contributed by atoms with Crippen molar-refractivity contribution in [3.05, 3.63) is 53.6 Å². The van der Waals surface area contributed by atoms with Gasteiger partial charge >= 0.3 is 0 Å². The Morgan fingerprint density at radius 3 is 2.40 bits per heavy atom. The average molecular weight is 433 g/mol.